The topological polar surface area (TPSA) is 77.2 Å². The summed E-state index contributed by atoms with van der Waals surface area (Å²) in [6.07, 6.45) is 6.64. The molecule has 0 bridgehead atoms. The van der Waals surface area contributed by atoms with Crippen molar-refractivity contribution in [1.29, 1.82) is 0 Å². The zero-order valence-electron chi connectivity index (χ0n) is 12.9. The van der Waals surface area contributed by atoms with Gasteiger partial charge in [0, 0.05) is 38.2 Å². The van der Waals surface area contributed by atoms with Crippen LogP contribution >= 0.6 is 0 Å². The van der Waals surface area contributed by atoms with Gasteiger partial charge >= 0.3 is 5.69 Å². The number of carbonyl (C=O) groups is 1. The maximum atomic E-state index is 12.6. The van der Waals surface area contributed by atoms with E-state index in [1.807, 2.05) is 12.1 Å². The Morgan fingerprint density at radius 3 is 2.74 bits per heavy atom. The Morgan fingerprint density at radius 1 is 1.26 bits per heavy atom. The van der Waals surface area contributed by atoms with Crippen molar-refractivity contribution in [3.63, 3.8) is 0 Å². The summed E-state index contributed by atoms with van der Waals surface area (Å²) in [5.74, 6) is -0.120. The van der Waals surface area contributed by atoms with Crippen LogP contribution in [-0.4, -0.2) is 31.5 Å². The van der Waals surface area contributed by atoms with Crippen LogP contribution in [-0.2, 0) is 18.4 Å². The van der Waals surface area contributed by atoms with Crippen LogP contribution in [0, 0.1) is 0 Å². The minimum absolute atomic E-state index is 0.0220. The third-order valence-electron chi connectivity index (χ3n) is 4.23. The number of pyridine rings is 1. The molecule has 7 nitrogen and oxygen atoms in total. The summed E-state index contributed by atoms with van der Waals surface area (Å²) in [4.78, 5) is 41.9. The van der Waals surface area contributed by atoms with Crippen molar-refractivity contribution in [2.24, 2.45) is 7.05 Å². The number of amides is 1. The van der Waals surface area contributed by atoms with E-state index in [0.717, 1.165) is 23.0 Å². The molecular formula is C16H18N4O3. The standard InChI is InChI=1S/C16H18N4O3/c1-18-14(21)6-10-19(16(18)23)11-15(22)20-9-2-3-13(20)12-4-7-17-8-5-12/h4-8,10,13H,2-3,9,11H2,1H3. The second-order valence-corrected chi connectivity index (χ2v) is 5.65. The Balaban J connectivity index is 1.82. The van der Waals surface area contributed by atoms with Crippen LogP contribution in [0.2, 0.25) is 0 Å². The first-order chi connectivity index (χ1) is 11.1. The molecule has 0 saturated carbocycles. The van der Waals surface area contributed by atoms with E-state index >= 15 is 0 Å². The smallest absolute Gasteiger partial charge is 0.331 e. The van der Waals surface area contributed by atoms with Crippen LogP contribution in [0.3, 0.4) is 0 Å². The average molecular weight is 314 g/mol. The molecule has 120 valence electrons. The molecule has 1 aliphatic heterocycles. The molecule has 1 unspecified atom stereocenters. The Hall–Kier alpha value is -2.70. The number of nitrogens with zero attached hydrogens (tertiary/aromatic N) is 4. The first kappa shape index (κ1) is 15.2. The normalized spacial score (nSPS) is 17.4. The van der Waals surface area contributed by atoms with Crippen molar-refractivity contribution in [2.75, 3.05) is 6.54 Å². The molecule has 0 spiro atoms. The number of hydrogen-bond acceptors (Lipinski definition) is 4. The van der Waals surface area contributed by atoms with Crippen LogP contribution in [0.4, 0.5) is 0 Å². The number of rotatable bonds is 3. The highest BCUT2D eigenvalue weighted by molar-refractivity contribution is 5.76. The summed E-state index contributed by atoms with van der Waals surface area (Å²) in [5.41, 5.74) is 0.193. The Kier molecular flexibility index (Phi) is 4.10. The van der Waals surface area contributed by atoms with Gasteiger partial charge in [-0.3, -0.25) is 23.7 Å². The predicted octanol–water partition coefficient (Wildman–Crippen LogP) is 0.306. The molecule has 1 fully saturated rings. The number of likely N-dealkylation sites (tertiary alicyclic amines) is 1. The number of hydrogen-bond donors (Lipinski definition) is 0. The molecule has 0 radical (unpaired) electrons. The summed E-state index contributed by atoms with van der Waals surface area (Å²) in [5, 5.41) is 0. The highest BCUT2D eigenvalue weighted by atomic mass is 16.2. The van der Waals surface area contributed by atoms with E-state index < -0.39 is 5.69 Å². The fraction of sp³-hybridized carbons (Fsp3) is 0.375. The van der Waals surface area contributed by atoms with Gasteiger partial charge in [0.05, 0.1) is 6.04 Å². The molecule has 0 aliphatic carbocycles. The molecule has 3 heterocycles. The van der Waals surface area contributed by atoms with Crippen molar-refractivity contribution >= 4 is 5.91 Å². The number of carbonyl (C=O) groups excluding carboxylic acids is 1. The van der Waals surface area contributed by atoms with Gasteiger partial charge in [0.1, 0.15) is 6.54 Å². The molecular weight excluding hydrogens is 296 g/mol. The molecule has 2 aromatic rings. The fourth-order valence-electron chi connectivity index (χ4n) is 2.97. The molecule has 23 heavy (non-hydrogen) atoms. The zero-order chi connectivity index (χ0) is 16.4. The Morgan fingerprint density at radius 2 is 2.00 bits per heavy atom. The SMILES string of the molecule is Cn1c(=O)ccn(CC(=O)N2CCCC2c2ccncc2)c1=O. The van der Waals surface area contributed by atoms with E-state index in [4.69, 9.17) is 0 Å². The highest BCUT2D eigenvalue weighted by Gasteiger charge is 2.30. The molecule has 0 N–H and O–H groups in total. The van der Waals surface area contributed by atoms with Crippen molar-refractivity contribution in [3.8, 4) is 0 Å². The molecule has 1 atom stereocenters. The maximum absolute atomic E-state index is 12.6. The van der Waals surface area contributed by atoms with Gasteiger partial charge in [0.2, 0.25) is 5.91 Å². The fourth-order valence-corrected chi connectivity index (χ4v) is 2.97. The summed E-state index contributed by atoms with van der Waals surface area (Å²) in [6.45, 7) is 0.612. The summed E-state index contributed by atoms with van der Waals surface area (Å²) >= 11 is 0. The maximum Gasteiger partial charge on any atom is 0.331 e. The molecule has 0 aromatic carbocycles. The van der Waals surface area contributed by atoms with E-state index in [1.165, 1.54) is 23.9 Å². The van der Waals surface area contributed by atoms with Gasteiger partial charge in [-0.2, -0.15) is 0 Å². The monoisotopic (exact) mass is 314 g/mol. The molecule has 1 aliphatic rings. The molecule has 3 rings (SSSR count). The third kappa shape index (κ3) is 2.94. The Bertz CT molecular complexity index is 825. The van der Waals surface area contributed by atoms with E-state index in [9.17, 15) is 14.4 Å². The predicted molar refractivity (Wildman–Crippen MR) is 83.9 cm³/mol. The van der Waals surface area contributed by atoms with Gasteiger partial charge in [-0.1, -0.05) is 0 Å². The van der Waals surface area contributed by atoms with Gasteiger partial charge < -0.3 is 4.90 Å². The lowest BCUT2D eigenvalue weighted by Gasteiger charge is -2.25. The first-order valence-corrected chi connectivity index (χ1v) is 7.54. The minimum atomic E-state index is -0.481. The molecule has 2 aromatic heterocycles. The minimum Gasteiger partial charge on any atom is -0.334 e. The van der Waals surface area contributed by atoms with E-state index in [0.29, 0.717) is 6.54 Å². The zero-order valence-corrected chi connectivity index (χ0v) is 12.9. The van der Waals surface area contributed by atoms with E-state index in [-0.39, 0.29) is 24.1 Å². The van der Waals surface area contributed by atoms with Gasteiger partial charge in [-0.15, -0.1) is 0 Å². The number of aromatic nitrogens is 3. The summed E-state index contributed by atoms with van der Waals surface area (Å²) in [6, 6.07) is 5.14. The van der Waals surface area contributed by atoms with Crippen LogP contribution in [0.5, 0.6) is 0 Å². The largest absolute Gasteiger partial charge is 0.334 e. The van der Waals surface area contributed by atoms with Crippen LogP contribution < -0.4 is 11.2 Å². The highest BCUT2D eigenvalue weighted by Crippen LogP contribution is 2.31. The molecule has 7 heteroatoms. The van der Waals surface area contributed by atoms with Gasteiger partial charge in [-0.25, -0.2) is 4.79 Å². The van der Waals surface area contributed by atoms with Crippen LogP contribution in [0.15, 0.2) is 46.4 Å². The van der Waals surface area contributed by atoms with Gasteiger partial charge in [-0.05, 0) is 30.5 Å². The van der Waals surface area contributed by atoms with Gasteiger partial charge in [0.15, 0.2) is 0 Å². The van der Waals surface area contributed by atoms with Gasteiger partial charge in [0.25, 0.3) is 5.56 Å². The Labute approximate surface area is 132 Å². The van der Waals surface area contributed by atoms with Crippen molar-refractivity contribution in [1.82, 2.24) is 19.0 Å². The first-order valence-electron chi connectivity index (χ1n) is 7.54. The lowest BCUT2D eigenvalue weighted by molar-refractivity contribution is -0.132. The third-order valence-corrected chi connectivity index (χ3v) is 4.23. The van der Waals surface area contributed by atoms with E-state index in [1.54, 1.807) is 17.3 Å². The van der Waals surface area contributed by atoms with Crippen molar-refractivity contribution in [3.05, 3.63) is 63.2 Å². The second-order valence-electron chi connectivity index (χ2n) is 5.65. The summed E-state index contributed by atoms with van der Waals surface area (Å²) < 4.78 is 2.27. The molecule has 1 amide bonds. The lowest BCUT2D eigenvalue weighted by Crippen LogP contribution is -2.41. The second kappa shape index (κ2) is 6.20. The molecule has 1 saturated heterocycles. The lowest BCUT2D eigenvalue weighted by atomic mass is 10.1. The van der Waals surface area contributed by atoms with Crippen LogP contribution in [0.25, 0.3) is 0 Å². The van der Waals surface area contributed by atoms with Crippen molar-refractivity contribution < 1.29 is 4.79 Å². The average Bonchev–Trinajstić information content (AvgIpc) is 3.06. The van der Waals surface area contributed by atoms with Crippen LogP contribution in [0.1, 0.15) is 24.4 Å². The summed E-state index contributed by atoms with van der Waals surface area (Å²) in [7, 11) is 1.40. The quantitative estimate of drug-likeness (QED) is 0.817. The van der Waals surface area contributed by atoms with E-state index in [2.05, 4.69) is 4.98 Å². The van der Waals surface area contributed by atoms with Crippen molar-refractivity contribution in [2.45, 2.75) is 25.4 Å².